The molecule has 0 aliphatic heterocycles. The van der Waals surface area contributed by atoms with Crippen molar-refractivity contribution in [3.05, 3.63) is 48.3 Å². The molecule has 0 bridgehead atoms. The van der Waals surface area contributed by atoms with E-state index >= 15 is 0 Å². The molecule has 0 fully saturated rings. The standard InChI is InChI=1S/C14H13NO3/c1-10(16)14-8-7-13(9-15-14)18-12-5-3-11(17-2)4-6-12/h3-9H,1-2H3. The number of rotatable bonds is 4. The van der Waals surface area contributed by atoms with Crippen LogP contribution in [0.3, 0.4) is 0 Å². The van der Waals surface area contributed by atoms with Crippen molar-refractivity contribution in [3.8, 4) is 17.2 Å². The highest BCUT2D eigenvalue weighted by Crippen LogP contribution is 2.23. The monoisotopic (exact) mass is 243 g/mol. The number of carbonyl (C=O) groups is 1. The van der Waals surface area contributed by atoms with Crippen molar-refractivity contribution in [2.24, 2.45) is 0 Å². The number of methoxy groups -OCH3 is 1. The zero-order chi connectivity index (χ0) is 13.0. The number of aromatic nitrogens is 1. The summed E-state index contributed by atoms with van der Waals surface area (Å²) in [5.41, 5.74) is 0.428. The van der Waals surface area contributed by atoms with Crippen LogP contribution in [0.2, 0.25) is 0 Å². The fraction of sp³-hybridized carbons (Fsp3) is 0.143. The van der Waals surface area contributed by atoms with Crippen LogP contribution in [0.15, 0.2) is 42.6 Å². The van der Waals surface area contributed by atoms with E-state index in [0.29, 0.717) is 17.2 Å². The molecule has 4 nitrogen and oxygen atoms in total. The predicted octanol–water partition coefficient (Wildman–Crippen LogP) is 3.09. The van der Waals surface area contributed by atoms with Crippen molar-refractivity contribution >= 4 is 5.78 Å². The summed E-state index contributed by atoms with van der Waals surface area (Å²) in [5, 5.41) is 0. The van der Waals surface area contributed by atoms with Crippen molar-refractivity contribution in [2.45, 2.75) is 6.92 Å². The first-order valence-electron chi connectivity index (χ1n) is 5.48. The molecule has 0 saturated heterocycles. The van der Waals surface area contributed by atoms with Gasteiger partial charge in [-0.3, -0.25) is 4.79 Å². The molecule has 4 heteroatoms. The highest BCUT2D eigenvalue weighted by molar-refractivity contribution is 5.92. The Balaban J connectivity index is 2.10. The molecule has 0 unspecified atom stereocenters. The molecule has 1 aromatic carbocycles. The Bertz CT molecular complexity index is 532. The minimum Gasteiger partial charge on any atom is -0.497 e. The average molecular weight is 243 g/mol. The number of carbonyl (C=O) groups excluding carboxylic acids is 1. The molecule has 0 amide bonds. The third-order valence-corrected chi connectivity index (χ3v) is 2.39. The molecule has 0 spiro atoms. The molecule has 0 saturated carbocycles. The molecule has 1 aromatic heterocycles. The first-order chi connectivity index (χ1) is 8.69. The fourth-order valence-corrected chi connectivity index (χ4v) is 1.43. The van der Waals surface area contributed by atoms with Gasteiger partial charge in [0, 0.05) is 6.92 Å². The molecule has 0 atom stereocenters. The number of pyridine rings is 1. The summed E-state index contributed by atoms with van der Waals surface area (Å²) in [7, 11) is 1.61. The van der Waals surface area contributed by atoms with Crippen molar-refractivity contribution in [1.29, 1.82) is 0 Å². The van der Waals surface area contributed by atoms with Crippen LogP contribution in [-0.4, -0.2) is 17.9 Å². The van der Waals surface area contributed by atoms with E-state index in [1.54, 1.807) is 31.4 Å². The van der Waals surface area contributed by atoms with E-state index in [1.165, 1.54) is 13.1 Å². The number of Topliss-reactive ketones (excluding diaryl/α,β-unsaturated/α-hetero) is 1. The maximum absolute atomic E-state index is 11.1. The lowest BCUT2D eigenvalue weighted by atomic mass is 10.3. The van der Waals surface area contributed by atoms with E-state index in [1.807, 2.05) is 12.1 Å². The Morgan fingerprint density at radius 2 is 1.61 bits per heavy atom. The average Bonchev–Trinajstić information content (AvgIpc) is 2.40. The van der Waals surface area contributed by atoms with Crippen LogP contribution in [0, 0.1) is 0 Å². The van der Waals surface area contributed by atoms with Crippen molar-refractivity contribution in [3.63, 3.8) is 0 Å². The first-order valence-corrected chi connectivity index (χ1v) is 5.48. The quantitative estimate of drug-likeness (QED) is 0.774. The summed E-state index contributed by atoms with van der Waals surface area (Å²) in [5.74, 6) is 1.98. The smallest absolute Gasteiger partial charge is 0.178 e. The molecule has 0 N–H and O–H groups in total. The number of ether oxygens (including phenoxy) is 2. The maximum atomic E-state index is 11.1. The minimum atomic E-state index is -0.0639. The third kappa shape index (κ3) is 2.85. The van der Waals surface area contributed by atoms with Crippen LogP contribution in [0.4, 0.5) is 0 Å². The summed E-state index contributed by atoms with van der Waals surface area (Å²) in [4.78, 5) is 15.1. The van der Waals surface area contributed by atoms with Gasteiger partial charge >= 0.3 is 0 Å². The second-order valence-corrected chi connectivity index (χ2v) is 3.71. The van der Waals surface area contributed by atoms with Crippen molar-refractivity contribution in [2.75, 3.05) is 7.11 Å². The zero-order valence-electron chi connectivity index (χ0n) is 10.2. The maximum Gasteiger partial charge on any atom is 0.178 e. The Morgan fingerprint density at radius 1 is 1.00 bits per heavy atom. The fourth-order valence-electron chi connectivity index (χ4n) is 1.43. The van der Waals surface area contributed by atoms with Gasteiger partial charge in [0.15, 0.2) is 5.78 Å². The minimum absolute atomic E-state index is 0.0639. The van der Waals surface area contributed by atoms with Crippen LogP contribution in [0.1, 0.15) is 17.4 Å². The van der Waals surface area contributed by atoms with Crippen molar-refractivity contribution < 1.29 is 14.3 Å². The molecule has 2 aromatic rings. The SMILES string of the molecule is COc1ccc(Oc2ccc(C(C)=O)nc2)cc1. The van der Waals surface area contributed by atoms with E-state index in [0.717, 1.165) is 5.75 Å². The lowest BCUT2D eigenvalue weighted by Gasteiger charge is -2.06. The van der Waals surface area contributed by atoms with Gasteiger partial charge in [0.05, 0.1) is 13.3 Å². The highest BCUT2D eigenvalue weighted by Gasteiger charge is 2.02. The molecular formula is C14H13NO3. The summed E-state index contributed by atoms with van der Waals surface area (Å²) < 4.78 is 10.6. The molecular weight excluding hydrogens is 230 g/mol. The first kappa shape index (κ1) is 12.1. The van der Waals surface area contributed by atoms with Gasteiger partial charge in [0.2, 0.25) is 0 Å². The van der Waals surface area contributed by atoms with Gasteiger partial charge in [-0.1, -0.05) is 0 Å². The van der Waals surface area contributed by atoms with Crippen LogP contribution in [0.5, 0.6) is 17.2 Å². The zero-order valence-corrected chi connectivity index (χ0v) is 10.2. The Kier molecular flexibility index (Phi) is 3.57. The lowest BCUT2D eigenvalue weighted by Crippen LogP contribution is -1.95. The van der Waals surface area contributed by atoms with Crippen LogP contribution in [0.25, 0.3) is 0 Å². The van der Waals surface area contributed by atoms with Crippen LogP contribution >= 0.6 is 0 Å². The molecule has 0 aliphatic carbocycles. The number of benzene rings is 1. The van der Waals surface area contributed by atoms with Gasteiger partial charge in [-0.15, -0.1) is 0 Å². The molecule has 0 aliphatic rings. The van der Waals surface area contributed by atoms with Gasteiger partial charge in [0.25, 0.3) is 0 Å². The van der Waals surface area contributed by atoms with Crippen molar-refractivity contribution in [1.82, 2.24) is 4.98 Å². The van der Waals surface area contributed by atoms with E-state index in [-0.39, 0.29) is 5.78 Å². The Labute approximate surface area is 105 Å². The normalized spacial score (nSPS) is 9.89. The Morgan fingerprint density at radius 3 is 2.11 bits per heavy atom. The molecule has 92 valence electrons. The van der Waals surface area contributed by atoms with E-state index in [4.69, 9.17) is 9.47 Å². The number of hydrogen-bond donors (Lipinski definition) is 0. The van der Waals surface area contributed by atoms with E-state index in [9.17, 15) is 4.79 Å². The summed E-state index contributed by atoms with van der Waals surface area (Å²) in [6, 6.07) is 10.6. The topological polar surface area (TPSA) is 48.4 Å². The van der Waals surface area contributed by atoms with Crippen LogP contribution < -0.4 is 9.47 Å². The molecule has 0 radical (unpaired) electrons. The van der Waals surface area contributed by atoms with Gasteiger partial charge in [-0.25, -0.2) is 4.98 Å². The van der Waals surface area contributed by atoms with Gasteiger partial charge in [0.1, 0.15) is 22.9 Å². The van der Waals surface area contributed by atoms with E-state index in [2.05, 4.69) is 4.98 Å². The molecule has 1 heterocycles. The predicted molar refractivity (Wildman–Crippen MR) is 67.3 cm³/mol. The van der Waals surface area contributed by atoms with Gasteiger partial charge in [-0.05, 0) is 36.4 Å². The number of ketones is 1. The van der Waals surface area contributed by atoms with Crippen LogP contribution in [-0.2, 0) is 0 Å². The second kappa shape index (κ2) is 5.31. The highest BCUT2D eigenvalue weighted by atomic mass is 16.5. The Hall–Kier alpha value is -2.36. The second-order valence-electron chi connectivity index (χ2n) is 3.71. The van der Waals surface area contributed by atoms with Gasteiger partial charge < -0.3 is 9.47 Å². The number of hydrogen-bond acceptors (Lipinski definition) is 4. The lowest BCUT2D eigenvalue weighted by molar-refractivity contribution is 0.101. The van der Waals surface area contributed by atoms with Gasteiger partial charge in [-0.2, -0.15) is 0 Å². The summed E-state index contributed by atoms with van der Waals surface area (Å²) in [6.45, 7) is 1.48. The largest absolute Gasteiger partial charge is 0.497 e. The van der Waals surface area contributed by atoms with E-state index < -0.39 is 0 Å². The summed E-state index contributed by atoms with van der Waals surface area (Å²) in [6.07, 6.45) is 1.53. The summed E-state index contributed by atoms with van der Waals surface area (Å²) >= 11 is 0. The third-order valence-electron chi connectivity index (χ3n) is 2.39. The molecule has 18 heavy (non-hydrogen) atoms. The molecule has 2 rings (SSSR count). The number of nitrogens with zero attached hydrogens (tertiary/aromatic N) is 1.